The van der Waals surface area contributed by atoms with E-state index in [0.717, 1.165) is 37.8 Å². The number of hydrogen-bond acceptors (Lipinski definition) is 4. The van der Waals surface area contributed by atoms with Gasteiger partial charge in [-0.1, -0.05) is 6.42 Å². The fourth-order valence-electron chi connectivity index (χ4n) is 3.67. The first-order chi connectivity index (χ1) is 11.2. The zero-order valence-electron chi connectivity index (χ0n) is 15.0. The number of hydrogen-bond donors (Lipinski definition) is 2. The Kier molecular flexibility index (Phi) is 4.64. The second-order valence-corrected chi connectivity index (χ2v) is 10.3. The summed E-state index contributed by atoms with van der Waals surface area (Å²) in [6.07, 6.45) is 8.69. The van der Waals surface area contributed by atoms with Crippen LogP contribution in [-0.4, -0.2) is 30.2 Å². The first kappa shape index (κ1) is 17.7. The molecule has 1 saturated carbocycles. The van der Waals surface area contributed by atoms with Crippen LogP contribution in [0.2, 0.25) is 0 Å². The zero-order valence-corrected chi connectivity index (χ0v) is 15.8. The summed E-state index contributed by atoms with van der Waals surface area (Å²) in [5.41, 5.74) is 3.07. The Balaban J connectivity index is 1.78. The Bertz CT molecular complexity index is 703. The SMILES string of the molecule is CC(C)(C)NS(=O)(=O)C1(CNc2ccnc3c2CCCC3)CCC1. The van der Waals surface area contributed by atoms with E-state index in [2.05, 4.69) is 15.0 Å². The Morgan fingerprint density at radius 3 is 2.50 bits per heavy atom. The molecule has 24 heavy (non-hydrogen) atoms. The molecule has 0 aromatic carbocycles. The van der Waals surface area contributed by atoms with Crippen LogP contribution >= 0.6 is 0 Å². The van der Waals surface area contributed by atoms with Gasteiger partial charge in [0.05, 0.1) is 0 Å². The molecular formula is C18H29N3O2S. The summed E-state index contributed by atoms with van der Waals surface area (Å²) in [4.78, 5) is 4.49. The van der Waals surface area contributed by atoms with Gasteiger partial charge in [-0.2, -0.15) is 0 Å². The highest BCUT2D eigenvalue weighted by Crippen LogP contribution is 2.40. The van der Waals surface area contributed by atoms with Crippen molar-refractivity contribution < 1.29 is 8.42 Å². The van der Waals surface area contributed by atoms with Gasteiger partial charge in [-0.3, -0.25) is 4.98 Å². The average Bonchev–Trinajstić information content (AvgIpc) is 2.43. The molecule has 0 saturated heterocycles. The minimum atomic E-state index is -3.36. The second kappa shape index (κ2) is 6.30. The smallest absolute Gasteiger partial charge is 0.219 e. The van der Waals surface area contributed by atoms with Gasteiger partial charge in [0.25, 0.3) is 0 Å². The third-order valence-electron chi connectivity index (χ3n) is 5.11. The van der Waals surface area contributed by atoms with Crippen molar-refractivity contribution in [3.05, 3.63) is 23.5 Å². The third-order valence-corrected chi connectivity index (χ3v) is 7.69. The normalized spacial score (nSPS) is 20.1. The van der Waals surface area contributed by atoms with Gasteiger partial charge >= 0.3 is 0 Å². The number of sulfonamides is 1. The van der Waals surface area contributed by atoms with Crippen molar-refractivity contribution in [3.8, 4) is 0 Å². The number of fused-ring (bicyclic) bond motifs is 1. The molecule has 1 aromatic heterocycles. The largest absolute Gasteiger partial charge is 0.383 e. The number of nitrogens with zero attached hydrogens (tertiary/aromatic N) is 1. The van der Waals surface area contributed by atoms with Crippen LogP contribution in [-0.2, 0) is 22.9 Å². The van der Waals surface area contributed by atoms with Gasteiger partial charge in [-0.25, -0.2) is 13.1 Å². The van der Waals surface area contributed by atoms with E-state index in [1.807, 2.05) is 33.0 Å². The molecule has 2 N–H and O–H groups in total. The molecule has 5 nitrogen and oxygen atoms in total. The lowest BCUT2D eigenvalue weighted by atomic mass is 9.84. The highest BCUT2D eigenvalue weighted by molar-refractivity contribution is 7.91. The standard InChI is InChI=1S/C18H29N3O2S/c1-17(2,3)21-24(22,23)18(10-6-11-18)13-20-16-9-12-19-15-8-5-4-7-14(15)16/h9,12,21H,4-8,10-11,13H2,1-3H3,(H,19,20). The number of pyridine rings is 1. The van der Waals surface area contributed by atoms with Crippen molar-refractivity contribution in [1.82, 2.24) is 9.71 Å². The van der Waals surface area contributed by atoms with Crippen molar-refractivity contribution >= 4 is 15.7 Å². The first-order valence-corrected chi connectivity index (χ1v) is 10.4. The van der Waals surface area contributed by atoms with E-state index in [4.69, 9.17) is 0 Å². The number of nitrogens with one attached hydrogen (secondary N) is 2. The van der Waals surface area contributed by atoms with E-state index in [0.29, 0.717) is 6.54 Å². The van der Waals surface area contributed by atoms with Crippen LogP contribution in [0.3, 0.4) is 0 Å². The summed E-state index contributed by atoms with van der Waals surface area (Å²) in [7, 11) is -3.36. The van der Waals surface area contributed by atoms with Crippen molar-refractivity contribution in [2.75, 3.05) is 11.9 Å². The summed E-state index contributed by atoms with van der Waals surface area (Å²) in [5.74, 6) is 0. The van der Waals surface area contributed by atoms with Gasteiger partial charge in [0.2, 0.25) is 10.0 Å². The van der Waals surface area contributed by atoms with Gasteiger partial charge in [-0.15, -0.1) is 0 Å². The fraction of sp³-hybridized carbons (Fsp3) is 0.722. The lowest BCUT2D eigenvalue weighted by Crippen LogP contribution is -2.58. The van der Waals surface area contributed by atoms with Crippen LogP contribution in [0.15, 0.2) is 12.3 Å². The Morgan fingerprint density at radius 2 is 1.88 bits per heavy atom. The molecule has 0 bridgehead atoms. The van der Waals surface area contributed by atoms with Gasteiger partial charge in [-0.05, 0) is 70.9 Å². The van der Waals surface area contributed by atoms with Crippen molar-refractivity contribution in [3.63, 3.8) is 0 Å². The molecule has 0 spiro atoms. The predicted molar refractivity (Wildman–Crippen MR) is 97.8 cm³/mol. The van der Waals surface area contributed by atoms with Gasteiger partial charge in [0.1, 0.15) is 4.75 Å². The summed E-state index contributed by atoms with van der Waals surface area (Å²) in [6, 6.07) is 1.99. The van der Waals surface area contributed by atoms with Crippen molar-refractivity contribution in [2.45, 2.75) is 76.0 Å². The number of aromatic nitrogens is 1. The summed E-state index contributed by atoms with van der Waals surface area (Å²) in [6.45, 7) is 6.14. The quantitative estimate of drug-likeness (QED) is 0.855. The summed E-state index contributed by atoms with van der Waals surface area (Å²) in [5, 5.41) is 3.45. The lowest BCUT2D eigenvalue weighted by molar-refractivity contribution is 0.339. The first-order valence-electron chi connectivity index (χ1n) is 8.97. The molecule has 134 valence electrons. The maximum atomic E-state index is 12.9. The predicted octanol–water partition coefficient (Wildman–Crippen LogP) is 3.01. The Hall–Kier alpha value is -1.14. The van der Waals surface area contributed by atoms with Crippen LogP contribution in [0.25, 0.3) is 0 Å². The van der Waals surface area contributed by atoms with E-state index in [1.165, 1.54) is 24.1 Å². The topological polar surface area (TPSA) is 71.1 Å². The number of aryl methyl sites for hydroxylation is 1. The van der Waals surface area contributed by atoms with Crippen LogP contribution < -0.4 is 10.0 Å². The van der Waals surface area contributed by atoms with E-state index in [1.54, 1.807) is 0 Å². The molecule has 0 amide bonds. The second-order valence-electron chi connectivity index (χ2n) is 8.24. The summed E-state index contributed by atoms with van der Waals surface area (Å²) >= 11 is 0. The van der Waals surface area contributed by atoms with Gasteiger partial charge < -0.3 is 5.32 Å². The molecule has 2 aliphatic rings. The molecule has 0 unspecified atom stereocenters. The summed E-state index contributed by atoms with van der Waals surface area (Å²) < 4.78 is 28.0. The fourth-order valence-corrected chi connectivity index (χ4v) is 5.78. The molecule has 6 heteroatoms. The molecular weight excluding hydrogens is 322 g/mol. The van der Waals surface area contributed by atoms with Crippen LogP contribution in [0.4, 0.5) is 5.69 Å². The van der Waals surface area contributed by atoms with Gasteiger partial charge in [0.15, 0.2) is 0 Å². The molecule has 0 radical (unpaired) electrons. The van der Waals surface area contributed by atoms with Crippen LogP contribution in [0, 0.1) is 0 Å². The average molecular weight is 352 g/mol. The maximum absolute atomic E-state index is 12.9. The minimum absolute atomic E-state index is 0.447. The third kappa shape index (κ3) is 3.45. The van der Waals surface area contributed by atoms with Crippen molar-refractivity contribution in [1.29, 1.82) is 0 Å². The highest BCUT2D eigenvalue weighted by atomic mass is 32.2. The Morgan fingerprint density at radius 1 is 1.17 bits per heavy atom. The minimum Gasteiger partial charge on any atom is -0.383 e. The monoisotopic (exact) mass is 351 g/mol. The molecule has 1 heterocycles. The van der Waals surface area contributed by atoms with Crippen LogP contribution in [0.5, 0.6) is 0 Å². The molecule has 0 atom stereocenters. The number of rotatable bonds is 5. The van der Waals surface area contributed by atoms with Crippen LogP contribution in [0.1, 0.15) is 64.1 Å². The van der Waals surface area contributed by atoms with E-state index in [-0.39, 0.29) is 0 Å². The maximum Gasteiger partial charge on any atom is 0.219 e. The molecule has 3 rings (SSSR count). The highest BCUT2D eigenvalue weighted by Gasteiger charge is 2.49. The lowest BCUT2D eigenvalue weighted by Gasteiger charge is -2.43. The van der Waals surface area contributed by atoms with Gasteiger partial charge in [0, 0.05) is 29.7 Å². The van der Waals surface area contributed by atoms with Crippen molar-refractivity contribution in [2.24, 2.45) is 0 Å². The van der Waals surface area contributed by atoms with E-state index >= 15 is 0 Å². The van der Waals surface area contributed by atoms with E-state index < -0.39 is 20.3 Å². The molecule has 1 aromatic rings. The van der Waals surface area contributed by atoms with E-state index in [9.17, 15) is 8.42 Å². The molecule has 2 aliphatic carbocycles. The zero-order chi connectivity index (χ0) is 17.4. The Labute approximate surface area is 145 Å². The number of anilines is 1. The molecule has 0 aliphatic heterocycles. The molecule has 1 fully saturated rings.